The zero-order chi connectivity index (χ0) is 14.6. The summed E-state index contributed by atoms with van der Waals surface area (Å²) in [6.45, 7) is 3.00. The van der Waals surface area contributed by atoms with Crippen molar-refractivity contribution in [3.63, 3.8) is 0 Å². The van der Waals surface area contributed by atoms with Crippen LogP contribution < -0.4 is 5.32 Å². The molecular formula is C14H25N3O3. The molecule has 1 rings (SSSR count). The van der Waals surface area contributed by atoms with Gasteiger partial charge in [-0.25, -0.2) is 0 Å². The fourth-order valence-corrected chi connectivity index (χ4v) is 1.84. The van der Waals surface area contributed by atoms with Gasteiger partial charge in [0, 0.05) is 32.4 Å². The van der Waals surface area contributed by atoms with Crippen molar-refractivity contribution in [2.45, 2.75) is 58.3 Å². The van der Waals surface area contributed by atoms with Crippen molar-refractivity contribution in [3.05, 3.63) is 11.7 Å². The third kappa shape index (κ3) is 7.23. The summed E-state index contributed by atoms with van der Waals surface area (Å²) in [5.41, 5.74) is 0. The molecule has 114 valence electrons. The SMILES string of the molecule is CCCc1noc(CCC(=O)NCCCCCCO)n1. The molecule has 1 aromatic heterocycles. The second-order valence-corrected chi connectivity index (χ2v) is 4.84. The number of aryl methyl sites for hydroxylation is 2. The summed E-state index contributed by atoms with van der Waals surface area (Å²) < 4.78 is 5.07. The summed E-state index contributed by atoms with van der Waals surface area (Å²) >= 11 is 0. The number of aliphatic hydroxyl groups is 1. The molecule has 0 saturated carbocycles. The van der Waals surface area contributed by atoms with Crippen LogP contribution in [0.5, 0.6) is 0 Å². The first kappa shape index (κ1) is 16.6. The normalized spacial score (nSPS) is 10.7. The summed E-state index contributed by atoms with van der Waals surface area (Å²) in [4.78, 5) is 15.8. The van der Waals surface area contributed by atoms with Crippen molar-refractivity contribution in [3.8, 4) is 0 Å². The molecule has 0 spiro atoms. The van der Waals surface area contributed by atoms with Gasteiger partial charge in [0.05, 0.1) is 0 Å². The minimum Gasteiger partial charge on any atom is -0.396 e. The molecule has 0 unspecified atom stereocenters. The summed E-state index contributed by atoms with van der Waals surface area (Å²) in [6, 6.07) is 0. The lowest BCUT2D eigenvalue weighted by molar-refractivity contribution is -0.121. The summed E-state index contributed by atoms with van der Waals surface area (Å²) in [6.07, 6.45) is 6.49. The highest BCUT2D eigenvalue weighted by Gasteiger charge is 2.08. The van der Waals surface area contributed by atoms with E-state index in [0.717, 1.165) is 38.5 Å². The summed E-state index contributed by atoms with van der Waals surface area (Å²) in [7, 11) is 0. The number of amides is 1. The maximum Gasteiger partial charge on any atom is 0.227 e. The molecular weight excluding hydrogens is 258 g/mol. The lowest BCUT2D eigenvalue weighted by Gasteiger charge is -2.03. The molecule has 1 amide bonds. The molecule has 6 nitrogen and oxygen atoms in total. The smallest absolute Gasteiger partial charge is 0.227 e. The first-order valence-electron chi connectivity index (χ1n) is 7.45. The molecule has 1 aromatic rings. The standard InChI is InChI=1S/C14H25N3O3/c1-2-7-12-16-14(20-17-12)9-8-13(19)15-10-5-3-4-6-11-18/h18H,2-11H2,1H3,(H,15,19). The number of nitrogens with zero attached hydrogens (tertiary/aromatic N) is 2. The first-order valence-corrected chi connectivity index (χ1v) is 7.45. The van der Waals surface area contributed by atoms with Crippen LogP contribution in [0.3, 0.4) is 0 Å². The number of hydrogen-bond donors (Lipinski definition) is 2. The maximum absolute atomic E-state index is 11.6. The van der Waals surface area contributed by atoms with Crippen molar-refractivity contribution in [1.29, 1.82) is 0 Å². The van der Waals surface area contributed by atoms with Gasteiger partial charge in [-0.05, 0) is 19.3 Å². The topological polar surface area (TPSA) is 88.2 Å². The van der Waals surface area contributed by atoms with E-state index in [1.54, 1.807) is 0 Å². The largest absolute Gasteiger partial charge is 0.396 e. The van der Waals surface area contributed by atoms with E-state index in [1.165, 1.54) is 0 Å². The lowest BCUT2D eigenvalue weighted by Crippen LogP contribution is -2.24. The van der Waals surface area contributed by atoms with E-state index in [4.69, 9.17) is 9.63 Å². The van der Waals surface area contributed by atoms with Crippen LogP contribution in [0.2, 0.25) is 0 Å². The van der Waals surface area contributed by atoms with Gasteiger partial charge in [0.15, 0.2) is 5.82 Å². The number of unbranched alkanes of at least 4 members (excludes halogenated alkanes) is 3. The van der Waals surface area contributed by atoms with Crippen LogP contribution in [0.15, 0.2) is 4.52 Å². The maximum atomic E-state index is 11.6. The Morgan fingerprint density at radius 2 is 2.05 bits per heavy atom. The van der Waals surface area contributed by atoms with E-state index in [2.05, 4.69) is 22.4 Å². The highest BCUT2D eigenvalue weighted by Crippen LogP contribution is 2.03. The molecule has 2 N–H and O–H groups in total. The van der Waals surface area contributed by atoms with E-state index >= 15 is 0 Å². The summed E-state index contributed by atoms with van der Waals surface area (Å²) in [5.74, 6) is 1.26. The Balaban J connectivity index is 2.07. The molecule has 0 radical (unpaired) electrons. The Kier molecular flexibility index (Phi) is 8.62. The molecule has 1 heterocycles. The Labute approximate surface area is 120 Å². The second-order valence-electron chi connectivity index (χ2n) is 4.84. The molecule has 0 bridgehead atoms. The van der Waals surface area contributed by atoms with Crippen molar-refractivity contribution in [2.75, 3.05) is 13.2 Å². The van der Waals surface area contributed by atoms with Crippen molar-refractivity contribution >= 4 is 5.91 Å². The van der Waals surface area contributed by atoms with Crippen molar-refractivity contribution < 1.29 is 14.4 Å². The quantitative estimate of drug-likeness (QED) is 0.602. The molecule has 20 heavy (non-hydrogen) atoms. The lowest BCUT2D eigenvalue weighted by atomic mass is 10.2. The van der Waals surface area contributed by atoms with Gasteiger partial charge < -0.3 is 14.9 Å². The minimum absolute atomic E-state index is 0.0161. The average molecular weight is 283 g/mol. The second kappa shape index (κ2) is 10.4. The molecule has 0 atom stereocenters. The summed E-state index contributed by atoms with van der Waals surface area (Å²) in [5, 5.41) is 15.4. The van der Waals surface area contributed by atoms with Crippen LogP contribution >= 0.6 is 0 Å². The zero-order valence-electron chi connectivity index (χ0n) is 12.2. The molecule has 0 fully saturated rings. The number of aromatic nitrogens is 2. The van der Waals surface area contributed by atoms with Crippen LogP contribution in [-0.4, -0.2) is 34.3 Å². The monoisotopic (exact) mass is 283 g/mol. The number of rotatable bonds is 11. The molecule has 0 aliphatic heterocycles. The number of carbonyl (C=O) groups excluding carboxylic acids is 1. The molecule has 0 saturated heterocycles. The first-order chi connectivity index (χ1) is 9.76. The van der Waals surface area contributed by atoms with Gasteiger partial charge in [-0.2, -0.15) is 4.98 Å². The van der Waals surface area contributed by atoms with Gasteiger partial charge in [-0.3, -0.25) is 4.79 Å². The van der Waals surface area contributed by atoms with Crippen LogP contribution in [0.25, 0.3) is 0 Å². The molecule has 6 heteroatoms. The number of aliphatic hydroxyl groups excluding tert-OH is 1. The third-order valence-corrected chi connectivity index (χ3v) is 2.96. The molecule has 0 aliphatic rings. The molecule has 0 aromatic carbocycles. The van der Waals surface area contributed by atoms with Crippen LogP contribution in [-0.2, 0) is 17.6 Å². The van der Waals surface area contributed by atoms with Gasteiger partial charge in [-0.1, -0.05) is 24.9 Å². The third-order valence-electron chi connectivity index (χ3n) is 2.96. The van der Waals surface area contributed by atoms with Gasteiger partial charge in [0.2, 0.25) is 11.8 Å². The molecule has 0 aliphatic carbocycles. The van der Waals surface area contributed by atoms with E-state index in [0.29, 0.717) is 31.1 Å². The fraction of sp³-hybridized carbons (Fsp3) is 0.786. The van der Waals surface area contributed by atoms with Crippen LogP contribution in [0, 0.1) is 0 Å². The van der Waals surface area contributed by atoms with E-state index in [1.807, 2.05) is 0 Å². The average Bonchev–Trinajstić information content (AvgIpc) is 2.88. The highest BCUT2D eigenvalue weighted by atomic mass is 16.5. The van der Waals surface area contributed by atoms with Crippen LogP contribution in [0.1, 0.15) is 57.2 Å². The Morgan fingerprint density at radius 3 is 2.80 bits per heavy atom. The van der Waals surface area contributed by atoms with Gasteiger partial charge >= 0.3 is 0 Å². The predicted octanol–water partition coefficient (Wildman–Crippen LogP) is 1.62. The zero-order valence-corrected chi connectivity index (χ0v) is 12.2. The fourth-order valence-electron chi connectivity index (χ4n) is 1.84. The number of nitrogens with one attached hydrogen (secondary N) is 1. The number of hydrogen-bond acceptors (Lipinski definition) is 5. The van der Waals surface area contributed by atoms with Gasteiger partial charge in [-0.15, -0.1) is 0 Å². The van der Waals surface area contributed by atoms with Crippen molar-refractivity contribution in [1.82, 2.24) is 15.5 Å². The van der Waals surface area contributed by atoms with E-state index < -0.39 is 0 Å². The van der Waals surface area contributed by atoms with E-state index in [9.17, 15) is 4.79 Å². The minimum atomic E-state index is 0.0161. The van der Waals surface area contributed by atoms with Crippen molar-refractivity contribution in [2.24, 2.45) is 0 Å². The highest BCUT2D eigenvalue weighted by molar-refractivity contribution is 5.75. The number of carbonyl (C=O) groups is 1. The Morgan fingerprint density at radius 1 is 1.25 bits per heavy atom. The predicted molar refractivity (Wildman–Crippen MR) is 75.2 cm³/mol. The van der Waals surface area contributed by atoms with Crippen LogP contribution in [0.4, 0.5) is 0 Å². The Hall–Kier alpha value is -1.43. The van der Waals surface area contributed by atoms with Gasteiger partial charge in [0.1, 0.15) is 0 Å². The Bertz CT molecular complexity index is 379. The van der Waals surface area contributed by atoms with Gasteiger partial charge in [0.25, 0.3) is 0 Å². The van der Waals surface area contributed by atoms with E-state index in [-0.39, 0.29) is 12.5 Å².